The Kier molecular flexibility index (Phi) is 5.29. The van der Waals surface area contributed by atoms with Crippen LogP contribution in [0.3, 0.4) is 0 Å². The number of carbonyl (C=O) groups is 1. The first-order chi connectivity index (χ1) is 7.72. The summed E-state index contributed by atoms with van der Waals surface area (Å²) in [6, 6.07) is 7.63. The number of carboxylic acid groups (broad SMARTS) is 1. The van der Waals surface area contributed by atoms with E-state index in [9.17, 15) is 4.79 Å². The van der Waals surface area contributed by atoms with Crippen LogP contribution in [0.25, 0.3) is 0 Å². The molecule has 0 spiro atoms. The van der Waals surface area contributed by atoms with Gasteiger partial charge in [-0.25, -0.2) is 0 Å². The Labute approximate surface area is 95.8 Å². The number of aliphatic carboxylic acids is 1. The molecular formula is C13H17NO2. The second-order valence-electron chi connectivity index (χ2n) is 3.64. The van der Waals surface area contributed by atoms with Crippen LogP contribution in [-0.4, -0.2) is 17.6 Å². The van der Waals surface area contributed by atoms with Gasteiger partial charge in [0.1, 0.15) is 0 Å². The molecule has 0 aromatic heterocycles. The number of nitrogens with one attached hydrogen (secondary N) is 1. The van der Waals surface area contributed by atoms with E-state index >= 15 is 0 Å². The minimum atomic E-state index is -0.795. The molecule has 0 aliphatic carbocycles. The SMILES string of the molecule is C=CCCNCc1ccc(CC(=O)O)cc1. The van der Waals surface area contributed by atoms with Crippen molar-refractivity contribution in [2.45, 2.75) is 19.4 Å². The normalized spacial score (nSPS) is 10.0. The summed E-state index contributed by atoms with van der Waals surface area (Å²) in [4.78, 5) is 10.5. The number of carboxylic acids is 1. The average Bonchev–Trinajstić information content (AvgIpc) is 2.26. The smallest absolute Gasteiger partial charge is 0.307 e. The molecule has 1 aromatic rings. The molecule has 0 saturated heterocycles. The number of hydrogen-bond acceptors (Lipinski definition) is 2. The van der Waals surface area contributed by atoms with Crippen LogP contribution in [-0.2, 0) is 17.8 Å². The van der Waals surface area contributed by atoms with Crippen LogP contribution in [0.15, 0.2) is 36.9 Å². The zero-order valence-corrected chi connectivity index (χ0v) is 9.28. The summed E-state index contributed by atoms with van der Waals surface area (Å²) < 4.78 is 0. The Bertz CT molecular complexity index is 343. The lowest BCUT2D eigenvalue weighted by molar-refractivity contribution is -0.136. The molecule has 0 radical (unpaired) electrons. The lowest BCUT2D eigenvalue weighted by atomic mass is 10.1. The van der Waals surface area contributed by atoms with Crippen molar-refractivity contribution in [1.29, 1.82) is 0 Å². The second-order valence-corrected chi connectivity index (χ2v) is 3.64. The number of hydrogen-bond donors (Lipinski definition) is 2. The maximum Gasteiger partial charge on any atom is 0.307 e. The van der Waals surface area contributed by atoms with Crippen molar-refractivity contribution in [1.82, 2.24) is 5.32 Å². The maximum absolute atomic E-state index is 10.5. The summed E-state index contributed by atoms with van der Waals surface area (Å²) in [5, 5.41) is 11.9. The number of rotatable bonds is 7. The third-order valence-corrected chi connectivity index (χ3v) is 2.23. The molecular weight excluding hydrogens is 202 g/mol. The molecule has 0 saturated carbocycles. The molecule has 1 rings (SSSR count). The van der Waals surface area contributed by atoms with E-state index in [-0.39, 0.29) is 6.42 Å². The van der Waals surface area contributed by atoms with Gasteiger partial charge in [-0.3, -0.25) is 4.79 Å². The first-order valence-electron chi connectivity index (χ1n) is 5.33. The molecule has 86 valence electrons. The monoisotopic (exact) mass is 219 g/mol. The Morgan fingerprint density at radius 2 is 1.94 bits per heavy atom. The van der Waals surface area contributed by atoms with Gasteiger partial charge >= 0.3 is 5.97 Å². The molecule has 0 heterocycles. The van der Waals surface area contributed by atoms with Crippen molar-refractivity contribution in [2.24, 2.45) is 0 Å². The minimum absolute atomic E-state index is 0.0875. The predicted octanol–water partition coefficient (Wildman–Crippen LogP) is 1.98. The Morgan fingerprint density at radius 3 is 2.50 bits per heavy atom. The Morgan fingerprint density at radius 1 is 1.31 bits per heavy atom. The van der Waals surface area contributed by atoms with Gasteiger partial charge in [0.25, 0.3) is 0 Å². The molecule has 0 fully saturated rings. The van der Waals surface area contributed by atoms with Gasteiger partial charge in [0, 0.05) is 6.54 Å². The fourth-order valence-corrected chi connectivity index (χ4v) is 1.39. The van der Waals surface area contributed by atoms with Crippen molar-refractivity contribution < 1.29 is 9.90 Å². The van der Waals surface area contributed by atoms with Gasteiger partial charge in [-0.05, 0) is 24.1 Å². The van der Waals surface area contributed by atoms with Crippen LogP contribution in [0, 0.1) is 0 Å². The van der Waals surface area contributed by atoms with Crippen LogP contribution in [0.1, 0.15) is 17.5 Å². The molecule has 2 N–H and O–H groups in total. The maximum atomic E-state index is 10.5. The van der Waals surface area contributed by atoms with E-state index in [1.54, 1.807) is 0 Å². The van der Waals surface area contributed by atoms with E-state index in [4.69, 9.17) is 5.11 Å². The van der Waals surface area contributed by atoms with Crippen molar-refractivity contribution in [3.8, 4) is 0 Å². The fraction of sp³-hybridized carbons (Fsp3) is 0.308. The Balaban J connectivity index is 2.38. The van der Waals surface area contributed by atoms with Crippen molar-refractivity contribution >= 4 is 5.97 Å². The zero-order valence-electron chi connectivity index (χ0n) is 9.28. The summed E-state index contributed by atoms with van der Waals surface area (Å²) in [6.45, 7) is 5.37. The van der Waals surface area contributed by atoms with Crippen LogP contribution >= 0.6 is 0 Å². The molecule has 3 nitrogen and oxygen atoms in total. The minimum Gasteiger partial charge on any atom is -0.481 e. The Hall–Kier alpha value is -1.61. The van der Waals surface area contributed by atoms with E-state index in [1.807, 2.05) is 30.3 Å². The summed E-state index contributed by atoms with van der Waals surface area (Å²) in [6.07, 6.45) is 2.92. The summed E-state index contributed by atoms with van der Waals surface area (Å²) in [7, 11) is 0. The molecule has 1 aromatic carbocycles. The summed E-state index contributed by atoms with van der Waals surface area (Å²) in [5.41, 5.74) is 2.00. The van der Waals surface area contributed by atoms with Gasteiger partial charge in [-0.2, -0.15) is 0 Å². The highest BCUT2D eigenvalue weighted by atomic mass is 16.4. The highest BCUT2D eigenvalue weighted by Crippen LogP contribution is 2.05. The topological polar surface area (TPSA) is 49.3 Å². The molecule has 3 heteroatoms. The van der Waals surface area contributed by atoms with Gasteiger partial charge in [-0.1, -0.05) is 30.3 Å². The second kappa shape index (κ2) is 6.80. The van der Waals surface area contributed by atoms with Crippen LogP contribution in [0.4, 0.5) is 0 Å². The fourth-order valence-electron chi connectivity index (χ4n) is 1.39. The van der Waals surface area contributed by atoms with E-state index in [0.29, 0.717) is 0 Å². The number of benzene rings is 1. The standard InChI is InChI=1S/C13H17NO2/c1-2-3-8-14-10-12-6-4-11(5-7-12)9-13(15)16/h2,4-7,14H,1,3,8-10H2,(H,15,16). The van der Waals surface area contributed by atoms with Gasteiger partial charge in [0.15, 0.2) is 0 Å². The van der Waals surface area contributed by atoms with E-state index in [0.717, 1.165) is 25.1 Å². The highest BCUT2D eigenvalue weighted by molar-refractivity contribution is 5.70. The van der Waals surface area contributed by atoms with Crippen molar-refractivity contribution in [2.75, 3.05) is 6.54 Å². The summed E-state index contributed by atoms with van der Waals surface area (Å²) in [5.74, 6) is -0.795. The molecule has 0 amide bonds. The first-order valence-corrected chi connectivity index (χ1v) is 5.33. The van der Waals surface area contributed by atoms with E-state index in [2.05, 4.69) is 11.9 Å². The lowest BCUT2D eigenvalue weighted by Gasteiger charge is -2.04. The van der Waals surface area contributed by atoms with Crippen LogP contribution < -0.4 is 5.32 Å². The molecule has 0 atom stereocenters. The van der Waals surface area contributed by atoms with Crippen molar-refractivity contribution in [3.05, 3.63) is 48.0 Å². The molecule has 0 aliphatic heterocycles. The third-order valence-electron chi connectivity index (χ3n) is 2.23. The zero-order chi connectivity index (χ0) is 11.8. The van der Waals surface area contributed by atoms with Gasteiger partial charge < -0.3 is 10.4 Å². The van der Waals surface area contributed by atoms with E-state index in [1.165, 1.54) is 5.56 Å². The first kappa shape index (κ1) is 12.5. The lowest BCUT2D eigenvalue weighted by Crippen LogP contribution is -2.13. The largest absolute Gasteiger partial charge is 0.481 e. The van der Waals surface area contributed by atoms with Crippen LogP contribution in [0.5, 0.6) is 0 Å². The van der Waals surface area contributed by atoms with Gasteiger partial charge in [0.2, 0.25) is 0 Å². The quantitative estimate of drug-likeness (QED) is 0.544. The van der Waals surface area contributed by atoms with Crippen molar-refractivity contribution in [3.63, 3.8) is 0 Å². The molecule has 0 unspecified atom stereocenters. The average molecular weight is 219 g/mol. The molecule has 0 aliphatic rings. The van der Waals surface area contributed by atoms with Gasteiger partial charge in [0.05, 0.1) is 6.42 Å². The summed E-state index contributed by atoms with van der Waals surface area (Å²) >= 11 is 0. The third kappa shape index (κ3) is 4.75. The highest BCUT2D eigenvalue weighted by Gasteiger charge is 1.99. The molecule has 0 bridgehead atoms. The molecule has 16 heavy (non-hydrogen) atoms. The van der Waals surface area contributed by atoms with E-state index < -0.39 is 5.97 Å². The van der Waals surface area contributed by atoms with Crippen LogP contribution in [0.2, 0.25) is 0 Å². The predicted molar refractivity (Wildman–Crippen MR) is 64.3 cm³/mol. The van der Waals surface area contributed by atoms with Gasteiger partial charge in [-0.15, -0.1) is 6.58 Å².